The van der Waals surface area contributed by atoms with Crippen molar-refractivity contribution in [1.82, 2.24) is 19.5 Å². The van der Waals surface area contributed by atoms with Crippen LogP contribution in [0.2, 0.25) is 0 Å². The number of likely N-dealkylation sites (N-methyl/N-ethyl adjacent to an activating group) is 1. The molecule has 0 saturated heterocycles. The van der Waals surface area contributed by atoms with Crippen LogP contribution in [0.25, 0.3) is 5.65 Å². The van der Waals surface area contributed by atoms with E-state index in [4.69, 9.17) is 5.11 Å². The van der Waals surface area contributed by atoms with Gasteiger partial charge in [0, 0.05) is 25.4 Å². The number of carbonyl (C=O) groups is 1. The molecule has 2 aromatic heterocycles. The van der Waals surface area contributed by atoms with Crippen molar-refractivity contribution in [3.8, 4) is 0 Å². The average molecular weight is 234 g/mol. The number of fused-ring (bicyclic) bond motifs is 1. The minimum absolute atomic E-state index is 0.0471. The second kappa shape index (κ2) is 4.50. The van der Waals surface area contributed by atoms with Gasteiger partial charge < -0.3 is 10.0 Å². The van der Waals surface area contributed by atoms with Crippen molar-refractivity contribution in [1.29, 1.82) is 0 Å². The van der Waals surface area contributed by atoms with E-state index in [1.165, 1.54) is 4.90 Å². The number of aliphatic hydroxyl groups is 1. The molecule has 0 aromatic carbocycles. The largest absolute Gasteiger partial charge is 0.395 e. The Labute approximate surface area is 98.5 Å². The fourth-order valence-electron chi connectivity index (χ4n) is 1.62. The molecule has 0 radical (unpaired) electrons. The van der Waals surface area contributed by atoms with Gasteiger partial charge in [0.15, 0.2) is 5.65 Å². The average Bonchev–Trinajstić information content (AvgIpc) is 2.70. The van der Waals surface area contributed by atoms with E-state index in [1.54, 1.807) is 25.4 Å². The predicted octanol–water partition coefficient (Wildman–Crippen LogP) is 0.102. The van der Waals surface area contributed by atoms with E-state index in [2.05, 4.69) is 10.2 Å². The van der Waals surface area contributed by atoms with E-state index in [1.807, 2.05) is 11.3 Å². The Morgan fingerprint density at radius 1 is 1.53 bits per heavy atom. The Morgan fingerprint density at radius 3 is 3.00 bits per heavy atom. The first kappa shape index (κ1) is 11.5. The summed E-state index contributed by atoms with van der Waals surface area (Å²) in [5, 5.41) is 16.7. The summed E-state index contributed by atoms with van der Waals surface area (Å²) in [5.41, 5.74) is 1.19. The minimum Gasteiger partial charge on any atom is -0.395 e. The normalized spacial score (nSPS) is 10.8. The van der Waals surface area contributed by atoms with Gasteiger partial charge in [-0.15, -0.1) is 10.2 Å². The molecule has 2 aromatic rings. The summed E-state index contributed by atoms with van der Waals surface area (Å²) in [4.78, 5) is 13.4. The lowest BCUT2D eigenvalue weighted by molar-refractivity contribution is 0.0767. The van der Waals surface area contributed by atoms with Crippen molar-refractivity contribution in [2.45, 2.75) is 6.92 Å². The zero-order valence-electron chi connectivity index (χ0n) is 9.79. The van der Waals surface area contributed by atoms with E-state index in [0.717, 1.165) is 5.82 Å². The topological polar surface area (TPSA) is 70.7 Å². The summed E-state index contributed by atoms with van der Waals surface area (Å²) in [5.74, 6) is 0.643. The van der Waals surface area contributed by atoms with Gasteiger partial charge in [0.25, 0.3) is 5.91 Å². The SMILES string of the molecule is Cc1nnc2cc(C(=O)N(C)CCO)ccn12. The molecule has 1 amide bonds. The van der Waals surface area contributed by atoms with Crippen molar-refractivity contribution >= 4 is 11.6 Å². The quantitative estimate of drug-likeness (QED) is 0.817. The first-order valence-corrected chi connectivity index (χ1v) is 5.31. The summed E-state index contributed by atoms with van der Waals surface area (Å²) in [6.07, 6.45) is 1.77. The molecule has 0 saturated carbocycles. The number of rotatable bonds is 3. The molecule has 2 rings (SSSR count). The van der Waals surface area contributed by atoms with E-state index < -0.39 is 0 Å². The van der Waals surface area contributed by atoms with Gasteiger partial charge in [0.1, 0.15) is 5.82 Å². The van der Waals surface area contributed by atoms with E-state index in [9.17, 15) is 4.79 Å². The van der Waals surface area contributed by atoms with Crippen LogP contribution in [0.5, 0.6) is 0 Å². The van der Waals surface area contributed by atoms with Crippen molar-refractivity contribution in [3.63, 3.8) is 0 Å². The third-order valence-electron chi connectivity index (χ3n) is 2.61. The summed E-state index contributed by atoms with van der Waals surface area (Å²) >= 11 is 0. The van der Waals surface area contributed by atoms with Crippen LogP contribution >= 0.6 is 0 Å². The van der Waals surface area contributed by atoms with Crippen LogP contribution in [0.1, 0.15) is 16.2 Å². The van der Waals surface area contributed by atoms with Gasteiger partial charge in [-0.3, -0.25) is 9.20 Å². The Hall–Kier alpha value is -1.95. The molecule has 17 heavy (non-hydrogen) atoms. The monoisotopic (exact) mass is 234 g/mol. The summed E-state index contributed by atoms with van der Waals surface area (Å²) < 4.78 is 1.81. The molecule has 6 nitrogen and oxygen atoms in total. The lowest BCUT2D eigenvalue weighted by Crippen LogP contribution is -2.29. The standard InChI is InChI=1S/C11H14N4O2/c1-8-12-13-10-7-9(3-4-15(8)10)11(17)14(2)5-6-16/h3-4,7,16H,5-6H2,1-2H3. The number of pyridine rings is 1. The van der Waals surface area contributed by atoms with Crippen LogP contribution in [-0.4, -0.2) is 50.7 Å². The molecule has 0 atom stereocenters. The van der Waals surface area contributed by atoms with Crippen molar-refractivity contribution in [3.05, 3.63) is 29.7 Å². The molecule has 0 aliphatic rings. The highest BCUT2D eigenvalue weighted by Crippen LogP contribution is 2.08. The summed E-state index contributed by atoms with van der Waals surface area (Å²) in [6, 6.07) is 3.41. The molecular formula is C11H14N4O2. The highest BCUT2D eigenvalue weighted by atomic mass is 16.3. The maximum absolute atomic E-state index is 11.9. The molecule has 0 bridgehead atoms. The maximum atomic E-state index is 11.9. The number of hydrogen-bond donors (Lipinski definition) is 1. The van der Waals surface area contributed by atoms with E-state index in [0.29, 0.717) is 17.8 Å². The molecule has 0 fully saturated rings. The van der Waals surface area contributed by atoms with Crippen LogP contribution in [0.3, 0.4) is 0 Å². The molecule has 0 aliphatic carbocycles. The minimum atomic E-state index is -0.137. The van der Waals surface area contributed by atoms with Crippen LogP contribution < -0.4 is 0 Å². The Kier molecular flexibility index (Phi) is 3.06. The number of aryl methyl sites for hydroxylation is 1. The molecule has 90 valence electrons. The van der Waals surface area contributed by atoms with Gasteiger partial charge >= 0.3 is 0 Å². The zero-order chi connectivity index (χ0) is 12.4. The maximum Gasteiger partial charge on any atom is 0.253 e. The number of nitrogens with zero attached hydrogens (tertiary/aromatic N) is 4. The zero-order valence-corrected chi connectivity index (χ0v) is 9.79. The summed E-state index contributed by atoms with van der Waals surface area (Å²) in [7, 11) is 1.65. The molecule has 0 unspecified atom stereocenters. The van der Waals surface area contributed by atoms with Gasteiger partial charge in [-0.2, -0.15) is 0 Å². The first-order chi connectivity index (χ1) is 8.13. The number of aliphatic hydroxyl groups excluding tert-OH is 1. The molecule has 2 heterocycles. The van der Waals surface area contributed by atoms with Crippen LogP contribution in [-0.2, 0) is 0 Å². The second-order valence-electron chi connectivity index (χ2n) is 3.84. The molecule has 0 aliphatic heterocycles. The molecular weight excluding hydrogens is 220 g/mol. The third-order valence-corrected chi connectivity index (χ3v) is 2.61. The highest BCUT2D eigenvalue weighted by Gasteiger charge is 2.12. The lowest BCUT2D eigenvalue weighted by atomic mass is 10.2. The fourth-order valence-corrected chi connectivity index (χ4v) is 1.62. The van der Waals surface area contributed by atoms with Gasteiger partial charge in [-0.05, 0) is 19.1 Å². The smallest absolute Gasteiger partial charge is 0.253 e. The second-order valence-corrected chi connectivity index (χ2v) is 3.84. The molecule has 1 N–H and O–H groups in total. The van der Waals surface area contributed by atoms with Crippen molar-refractivity contribution < 1.29 is 9.90 Å². The Morgan fingerprint density at radius 2 is 2.29 bits per heavy atom. The fraction of sp³-hybridized carbons (Fsp3) is 0.364. The number of hydrogen-bond acceptors (Lipinski definition) is 4. The van der Waals surface area contributed by atoms with E-state index in [-0.39, 0.29) is 12.5 Å². The van der Waals surface area contributed by atoms with Crippen molar-refractivity contribution in [2.75, 3.05) is 20.2 Å². The van der Waals surface area contributed by atoms with Gasteiger partial charge in [-0.1, -0.05) is 0 Å². The Balaban J connectivity index is 2.33. The van der Waals surface area contributed by atoms with Gasteiger partial charge in [0.2, 0.25) is 0 Å². The van der Waals surface area contributed by atoms with Crippen LogP contribution in [0.4, 0.5) is 0 Å². The highest BCUT2D eigenvalue weighted by molar-refractivity contribution is 5.94. The van der Waals surface area contributed by atoms with Gasteiger partial charge in [-0.25, -0.2) is 0 Å². The van der Waals surface area contributed by atoms with Gasteiger partial charge in [0.05, 0.1) is 6.61 Å². The number of amides is 1. The van der Waals surface area contributed by atoms with Crippen LogP contribution in [0.15, 0.2) is 18.3 Å². The predicted molar refractivity (Wildman–Crippen MR) is 61.8 cm³/mol. The van der Waals surface area contributed by atoms with Crippen molar-refractivity contribution in [2.24, 2.45) is 0 Å². The molecule has 0 spiro atoms. The number of aromatic nitrogens is 3. The Bertz CT molecular complexity index is 549. The van der Waals surface area contributed by atoms with Crippen LogP contribution in [0, 0.1) is 6.92 Å². The first-order valence-electron chi connectivity index (χ1n) is 5.31. The lowest BCUT2D eigenvalue weighted by Gasteiger charge is -2.15. The number of carbonyl (C=O) groups excluding carboxylic acids is 1. The third kappa shape index (κ3) is 2.12. The summed E-state index contributed by atoms with van der Waals surface area (Å²) in [6.45, 7) is 2.11. The molecule has 6 heteroatoms. The van der Waals surface area contributed by atoms with E-state index >= 15 is 0 Å².